The number of allylic oxidation sites excluding steroid dienone is 2. The van der Waals surface area contributed by atoms with Crippen molar-refractivity contribution >= 4 is 11.5 Å². The maximum Gasteiger partial charge on any atom is 0.162 e. The van der Waals surface area contributed by atoms with Crippen LogP contribution in [0.4, 0.5) is 5.69 Å². The summed E-state index contributed by atoms with van der Waals surface area (Å²) in [5, 5.41) is 3.53. The molecule has 2 aromatic carbocycles. The van der Waals surface area contributed by atoms with Gasteiger partial charge in [-0.05, 0) is 41.2 Å². The van der Waals surface area contributed by atoms with Gasteiger partial charge < -0.3 is 19.5 Å². The van der Waals surface area contributed by atoms with Gasteiger partial charge in [-0.3, -0.25) is 4.79 Å². The highest BCUT2D eigenvalue weighted by molar-refractivity contribution is 6.01. The third-order valence-electron chi connectivity index (χ3n) is 5.81. The van der Waals surface area contributed by atoms with Crippen molar-refractivity contribution in [2.75, 3.05) is 26.6 Å². The van der Waals surface area contributed by atoms with Gasteiger partial charge in [-0.1, -0.05) is 26.0 Å². The minimum Gasteiger partial charge on any atom is -0.497 e. The Hall–Kier alpha value is -2.95. The van der Waals surface area contributed by atoms with E-state index in [4.69, 9.17) is 14.2 Å². The van der Waals surface area contributed by atoms with E-state index in [1.54, 1.807) is 21.3 Å². The molecule has 0 fully saturated rings. The summed E-state index contributed by atoms with van der Waals surface area (Å²) in [6.45, 7) is 4.28. The summed E-state index contributed by atoms with van der Waals surface area (Å²) in [7, 11) is 4.91. The number of fused-ring (bicyclic) bond motifs is 1. The molecule has 0 radical (unpaired) electrons. The smallest absolute Gasteiger partial charge is 0.162 e. The van der Waals surface area contributed by atoms with E-state index >= 15 is 0 Å². The standard InChI is InChI=1S/C24H27NO4/c1-24(2)12-18-23(19(26)13-24)22(14-6-8-15(27-3)9-7-14)16-10-20(28-4)21(29-5)11-17(16)25-18/h6-11,22,25H,12-13H2,1-5H3/t22-/m1/s1. The number of ketones is 1. The molecule has 1 heterocycles. The van der Waals surface area contributed by atoms with Crippen LogP contribution >= 0.6 is 0 Å². The summed E-state index contributed by atoms with van der Waals surface area (Å²) in [6.07, 6.45) is 1.37. The van der Waals surface area contributed by atoms with Crippen LogP contribution in [0.1, 0.15) is 43.7 Å². The van der Waals surface area contributed by atoms with Crippen LogP contribution in [0.25, 0.3) is 0 Å². The third-order valence-corrected chi connectivity index (χ3v) is 5.81. The first-order valence-electron chi connectivity index (χ1n) is 9.80. The number of hydrogen-bond donors (Lipinski definition) is 1. The van der Waals surface area contributed by atoms with Gasteiger partial charge in [0, 0.05) is 35.4 Å². The lowest BCUT2D eigenvalue weighted by Crippen LogP contribution is -2.33. The number of nitrogens with one attached hydrogen (secondary N) is 1. The fraction of sp³-hybridized carbons (Fsp3) is 0.375. The summed E-state index contributed by atoms with van der Waals surface area (Å²) in [5.41, 5.74) is 4.82. The summed E-state index contributed by atoms with van der Waals surface area (Å²) < 4.78 is 16.4. The minimum absolute atomic E-state index is 0.0680. The highest BCUT2D eigenvalue weighted by atomic mass is 16.5. The Balaban J connectivity index is 1.93. The van der Waals surface area contributed by atoms with Crippen LogP contribution in [0.3, 0.4) is 0 Å². The predicted octanol–water partition coefficient (Wildman–Crippen LogP) is 4.91. The van der Waals surface area contributed by atoms with E-state index in [2.05, 4.69) is 19.2 Å². The zero-order chi connectivity index (χ0) is 20.8. The second kappa shape index (κ2) is 7.14. The van der Waals surface area contributed by atoms with E-state index in [-0.39, 0.29) is 17.1 Å². The molecule has 2 aromatic rings. The lowest BCUT2D eigenvalue weighted by atomic mass is 9.68. The normalized spacial score (nSPS) is 19.8. The summed E-state index contributed by atoms with van der Waals surface area (Å²) in [6, 6.07) is 11.9. The van der Waals surface area contributed by atoms with Crippen molar-refractivity contribution < 1.29 is 19.0 Å². The molecule has 1 atom stereocenters. The van der Waals surface area contributed by atoms with Gasteiger partial charge >= 0.3 is 0 Å². The molecule has 0 saturated carbocycles. The van der Waals surface area contributed by atoms with E-state index in [1.807, 2.05) is 36.4 Å². The fourth-order valence-corrected chi connectivity index (χ4v) is 4.48. The van der Waals surface area contributed by atoms with Crippen LogP contribution in [0.15, 0.2) is 47.7 Å². The van der Waals surface area contributed by atoms with E-state index in [0.717, 1.165) is 40.3 Å². The van der Waals surface area contributed by atoms with Crippen LogP contribution < -0.4 is 19.5 Å². The Morgan fingerprint density at radius 1 is 0.931 bits per heavy atom. The zero-order valence-electron chi connectivity index (χ0n) is 17.6. The molecular weight excluding hydrogens is 366 g/mol. The summed E-state index contributed by atoms with van der Waals surface area (Å²) in [5.74, 6) is 2.15. The van der Waals surface area contributed by atoms with Gasteiger partial charge in [-0.2, -0.15) is 0 Å². The molecule has 5 heteroatoms. The number of ether oxygens (including phenoxy) is 3. The first-order valence-corrected chi connectivity index (χ1v) is 9.80. The van der Waals surface area contributed by atoms with Crippen molar-refractivity contribution in [2.24, 2.45) is 5.41 Å². The molecule has 0 bridgehead atoms. The first kappa shape index (κ1) is 19.4. The zero-order valence-corrected chi connectivity index (χ0v) is 17.6. The first-order chi connectivity index (χ1) is 13.9. The largest absolute Gasteiger partial charge is 0.497 e. The molecule has 2 aliphatic rings. The molecule has 29 heavy (non-hydrogen) atoms. The Labute approximate surface area is 171 Å². The average molecular weight is 393 g/mol. The van der Waals surface area contributed by atoms with Crippen LogP contribution in [-0.2, 0) is 4.79 Å². The Morgan fingerprint density at radius 3 is 2.21 bits per heavy atom. The molecule has 1 aliphatic heterocycles. The lowest BCUT2D eigenvalue weighted by molar-refractivity contribution is -0.118. The predicted molar refractivity (Wildman–Crippen MR) is 113 cm³/mol. The maximum absolute atomic E-state index is 13.3. The van der Waals surface area contributed by atoms with E-state index in [0.29, 0.717) is 17.9 Å². The molecule has 152 valence electrons. The van der Waals surface area contributed by atoms with Crippen LogP contribution in [0.2, 0.25) is 0 Å². The summed E-state index contributed by atoms with van der Waals surface area (Å²) >= 11 is 0. The summed E-state index contributed by atoms with van der Waals surface area (Å²) in [4.78, 5) is 13.3. The molecule has 5 nitrogen and oxygen atoms in total. The molecular formula is C24H27NO4. The molecule has 0 amide bonds. The number of carbonyl (C=O) groups excluding carboxylic acids is 1. The quantitative estimate of drug-likeness (QED) is 0.800. The van der Waals surface area contributed by atoms with Crippen molar-refractivity contribution in [2.45, 2.75) is 32.6 Å². The van der Waals surface area contributed by atoms with Crippen LogP contribution in [0.5, 0.6) is 17.2 Å². The van der Waals surface area contributed by atoms with Crippen molar-refractivity contribution in [1.29, 1.82) is 0 Å². The fourth-order valence-electron chi connectivity index (χ4n) is 4.48. The second-order valence-electron chi connectivity index (χ2n) is 8.46. The van der Waals surface area contributed by atoms with Gasteiger partial charge in [-0.15, -0.1) is 0 Å². The number of carbonyl (C=O) groups is 1. The van der Waals surface area contributed by atoms with Gasteiger partial charge in [-0.25, -0.2) is 0 Å². The van der Waals surface area contributed by atoms with Gasteiger partial charge in [0.2, 0.25) is 0 Å². The lowest BCUT2D eigenvalue weighted by Gasteiger charge is -2.39. The van der Waals surface area contributed by atoms with Crippen molar-refractivity contribution in [3.63, 3.8) is 0 Å². The molecule has 0 spiro atoms. The number of Topliss-reactive ketones (excluding diaryl/α,β-unsaturated/α-hetero) is 1. The Kier molecular flexibility index (Phi) is 4.77. The highest BCUT2D eigenvalue weighted by Crippen LogP contribution is 2.51. The number of methoxy groups -OCH3 is 3. The maximum atomic E-state index is 13.3. The molecule has 0 aromatic heterocycles. The Bertz CT molecular complexity index is 989. The van der Waals surface area contributed by atoms with Crippen molar-refractivity contribution in [3.05, 3.63) is 58.8 Å². The molecule has 1 N–H and O–H groups in total. The van der Waals surface area contributed by atoms with Crippen LogP contribution in [0, 0.1) is 5.41 Å². The number of hydrogen-bond acceptors (Lipinski definition) is 5. The number of anilines is 1. The molecule has 1 aliphatic carbocycles. The van der Waals surface area contributed by atoms with Gasteiger partial charge in [0.05, 0.1) is 21.3 Å². The Morgan fingerprint density at radius 2 is 1.59 bits per heavy atom. The molecule has 0 unspecified atom stereocenters. The molecule has 4 rings (SSSR count). The van der Waals surface area contributed by atoms with Gasteiger partial charge in [0.15, 0.2) is 17.3 Å². The SMILES string of the molecule is COc1ccc([C@H]2C3=C(CC(C)(C)CC3=O)Nc3cc(OC)c(OC)cc32)cc1. The van der Waals surface area contributed by atoms with E-state index < -0.39 is 0 Å². The van der Waals surface area contributed by atoms with Gasteiger partial charge in [0.25, 0.3) is 0 Å². The molecule has 0 saturated heterocycles. The van der Waals surface area contributed by atoms with Gasteiger partial charge in [0.1, 0.15) is 5.75 Å². The van der Waals surface area contributed by atoms with Crippen molar-refractivity contribution in [3.8, 4) is 17.2 Å². The number of benzene rings is 2. The third kappa shape index (κ3) is 3.35. The minimum atomic E-state index is -0.157. The monoisotopic (exact) mass is 393 g/mol. The average Bonchev–Trinajstić information content (AvgIpc) is 2.70. The van der Waals surface area contributed by atoms with E-state index in [9.17, 15) is 4.79 Å². The van der Waals surface area contributed by atoms with Crippen LogP contribution in [-0.4, -0.2) is 27.1 Å². The topological polar surface area (TPSA) is 56.8 Å². The van der Waals surface area contributed by atoms with E-state index in [1.165, 1.54) is 0 Å². The second-order valence-corrected chi connectivity index (χ2v) is 8.46. The highest BCUT2D eigenvalue weighted by Gasteiger charge is 2.41. The van der Waals surface area contributed by atoms with Crippen molar-refractivity contribution in [1.82, 2.24) is 0 Å². The number of rotatable bonds is 4.